The van der Waals surface area contributed by atoms with Crippen LogP contribution in [0.25, 0.3) is 0 Å². The number of amides is 2. The molecule has 0 aliphatic carbocycles. The van der Waals surface area contributed by atoms with Gasteiger partial charge in [0.15, 0.2) is 11.5 Å². The van der Waals surface area contributed by atoms with Crippen LogP contribution in [-0.4, -0.2) is 26.0 Å². The molecule has 1 N–H and O–H groups in total. The lowest BCUT2D eigenvalue weighted by Crippen LogP contribution is -2.47. The van der Waals surface area contributed by atoms with Gasteiger partial charge in [0, 0.05) is 17.8 Å². The SMILES string of the molecule is COc1ccc([C@H]2[C@H](C(=O)Nc3ccc(C)cc3)CCC(=O)N2c2ccc(C)cc2)cc1OC. The molecule has 0 aromatic heterocycles. The Labute approximate surface area is 200 Å². The highest BCUT2D eigenvalue weighted by Crippen LogP contribution is 2.42. The number of hydrogen-bond acceptors (Lipinski definition) is 4. The maximum Gasteiger partial charge on any atom is 0.229 e. The van der Waals surface area contributed by atoms with E-state index in [0.717, 1.165) is 28.1 Å². The Morgan fingerprint density at radius 1 is 0.882 bits per heavy atom. The molecule has 1 fully saturated rings. The minimum atomic E-state index is -0.491. The van der Waals surface area contributed by atoms with Crippen LogP contribution < -0.4 is 19.7 Å². The van der Waals surface area contributed by atoms with Gasteiger partial charge in [0.05, 0.1) is 26.2 Å². The number of carbonyl (C=O) groups is 2. The maximum absolute atomic E-state index is 13.5. The van der Waals surface area contributed by atoms with E-state index in [-0.39, 0.29) is 11.8 Å². The lowest BCUT2D eigenvalue weighted by atomic mass is 9.83. The smallest absolute Gasteiger partial charge is 0.229 e. The van der Waals surface area contributed by atoms with Gasteiger partial charge in [-0.15, -0.1) is 0 Å². The molecule has 0 bridgehead atoms. The Morgan fingerprint density at radius 2 is 1.50 bits per heavy atom. The highest BCUT2D eigenvalue weighted by Gasteiger charge is 2.41. The summed E-state index contributed by atoms with van der Waals surface area (Å²) in [6.07, 6.45) is 0.752. The van der Waals surface area contributed by atoms with E-state index >= 15 is 0 Å². The Hall–Kier alpha value is -3.80. The molecular weight excluding hydrogens is 428 g/mol. The molecule has 1 aliphatic heterocycles. The lowest BCUT2D eigenvalue weighted by Gasteiger charge is -2.41. The van der Waals surface area contributed by atoms with Gasteiger partial charge >= 0.3 is 0 Å². The standard InChI is InChI=1S/C28H30N2O4/c1-18-5-10-21(11-6-18)29-28(32)23-14-16-26(31)30(22-12-7-19(2)8-13-22)27(23)20-9-15-24(33-3)25(17-20)34-4/h5-13,15,17,23,27H,14,16H2,1-4H3,(H,29,32)/t23-,27+/m1/s1. The van der Waals surface area contributed by atoms with Gasteiger partial charge in [0.1, 0.15) is 0 Å². The fourth-order valence-electron chi connectivity index (χ4n) is 4.47. The highest BCUT2D eigenvalue weighted by molar-refractivity contribution is 6.00. The number of benzene rings is 3. The van der Waals surface area contributed by atoms with E-state index < -0.39 is 12.0 Å². The molecule has 1 heterocycles. The van der Waals surface area contributed by atoms with Gasteiger partial charge in [0.2, 0.25) is 11.8 Å². The lowest BCUT2D eigenvalue weighted by molar-refractivity contribution is -0.125. The zero-order valence-electron chi connectivity index (χ0n) is 20.0. The van der Waals surface area contributed by atoms with Crippen molar-refractivity contribution in [3.8, 4) is 11.5 Å². The normalized spacial score (nSPS) is 17.9. The Kier molecular flexibility index (Phi) is 6.87. The molecular formula is C28H30N2O4. The largest absolute Gasteiger partial charge is 0.493 e. The van der Waals surface area contributed by atoms with Crippen LogP contribution in [0.1, 0.15) is 35.6 Å². The summed E-state index contributed by atoms with van der Waals surface area (Å²) >= 11 is 0. The molecule has 2 amide bonds. The van der Waals surface area contributed by atoms with Crippen molar-refractivity contribution in [3.05, 3.63) is 83.4 Å². The van der Waals surface area contributed by atoms with Crippen molar-refractivity contribution in [2.75, 3.05) is 24.4 Å². The minimum absolute atomic E-state index is 0.0111. The summed E-state index contributed by atoms with van der Waals surface area (Å²) in [7, 11) is 3.16. The summed E-state index contributed by atoms with van der Waals surface area (Å²) in [6, 6.07) is 20.6. The predicted molar refractivity (Wildman–Crippen MR) is 133 cm³/mol. The monoisotopic (exact) mass is 458 g/mol. The Balaban J connectivity index is 1.77. The molecule has 2 atom stereocenters. The third-order valence-corrected chi connectivity index (χ3v) is 6.31. The third kappa shape index (κ3) is 4.76. The second-order valence-electron chi connectivity index (χ2n) is 8.66. The molecule has 0 saturated carbocycles. The number of carbonyl (C=O) groups excluding carboxylic acids is 2. The van der Waals surface area contributed by atoms with E-state index in [1.807, 2.05) is 80.6 Å². The first kappa shape index (κ1) is 23.4. The van der Waals surface area contributed by atoms with Crippen LogP contribution in [0.4, 0.5) is 11.4 Å². The molecule has 1 saturated heterocycles. The molecule has 4 rings (SSSR count). The fraction of sp³-hybridized carbons (Fsp3) is 0.286. The number of nitrogens with one attached hydrogen (secondary N) is 1. The first-order chi connectivity index (χ1) is 16.4. The summed E-state index contributed by atoms with van der Waals surface area (Å²) in [6.45, 7) is 4.01. The second kappa shape index (κ2) is 10.00. The zero-order chi connectivity index (χ0) is 24.2. The van der Waals surface area contributed by atoms with Gasteiger partial charge in [-0.3, -0.25) is 9.59 Å². The van der Waals surface area contributed by atoms with Crippen molar-refractivity contribution in [3.63, 3.8) is 0 Å². The van der Waals surface area contributed by atoms with Crippen LogP contribution in [0, 0.1) is 19.8 Å². The zero-order valence-corrected chi connectivity index (χ0v) is 20.0. The van der Waals surface area contributed by atoms with Gasteiger partial charge in [-0.2, -0.15) is 0 Å². The Bertz CT molecular complexity index is 1170. The number of hydrogen-bond donors (Lipinski definition) is 1. The predicted octanol–water partition coefficient (Wildman–Crippen LogP) is 5.44. The molecule has 176 valence electrons. The molecule has 34 heavy (non-hydrogen) atoms. The second-order valence-corrected chi connectivity index (χ2v) is 8.66. The first-order valence-electron chi connectivity index (χ1n) is 11.4. The number of piperidine rings is 1. The first-order valence-corrected chi connectivity index (χ1v) is 11.4. The average Bonchev–Trinajstić information content (AvgIpc) is 2.85. The molecule has 0 unspecified atom stereocenters. The van der Waals surface area contributed by atoms with Crippen LogP contribution in [-0.2, 0) is 9.59 Å². The number of nitrogens with zero attached hydrogens (tertiary/aromatic N) is 1. The van der Waals surface area contributed by atoms with Crippen molar-refractivity contribution >= 4 is 23.2 Å². The topological polar surface area (TPSA) is 67.9 Å². The average molecular weight is 459 g/mol. The molecule has 1 aliphatic rings. The van der Waals surface area contributed by atoms with E-state index in [2.05, 4.69) is 5.32 Å². The molecule has 3 aromatic carbocycles. The van der Waals surface area contributed by atoms with E-state index in [9.17, 15) is 9.59 Å². The van der Waals surface area contributed by atoms with Crippen LogP contribution in [0.2, 0.25) is 0 Å². The Morgan fingerprint density at radius 3 is 2.12 bits per heavy atom. The maximum atomic E-state index is 13.5. The third-order valence-electron chi connectivity index (χ3n) is 6.31. The van der Waals surface area contributed by atoms with Gasteiger partial charge in [-0.25, -0.2) is 0 Å². The molecule has 3 aromatic rings. The summed E-state index contributed by atoms with van der Waals surface area (Å²) < 4.78 is 10.9. The van der Waals surface area contributed by atoms with Gasteiger partial charge in [0.25, 0.3) is 0 Å². The van der Waals surface area contributed by atoms with E-state index in [4.69, 9.17) is 9.47 Å². The van der Waals surface area contributed by atoms with Crippen molar-refractivity contribution in [2.24, 2.45) is 5.92 Å². The van der Waals surface area contributed by atoms with Gasteiger partial charge < -0.3 is 19.7 Å². The summed E-state index contributed by atoms with van der Waals surface area (Å²) in [5.74, 6) is 0.574. The van der Waals surface area contributed by atoms with Gasteiger partial charge in [-0.1, -0.05) is 41.5 Å². The van der Waals surface area contributed by atoms with Crippen LogP contribution >= 0.6 is 0 Å². The minimum Gasteiger partial charge on any atom is -0.493 e. The number of aryl methyl sites for hydroxylation is 2. The fourth-order valence-corrected chi connectivity index (χ4v) is 4.47. The molecule has 0 radical (unpaired) electrons. The number of methoxy groups -OCH3 is 2. The summed E-state index contributed by atoms with van der Waals surface area (Å²) in [5.41, 5.74) is 4.54. The summed E-state index contributed by atoms with van der Waals surface area (Å²) in [4.78, 5) is 28.5. The van der Waals surface area contributed by atoms with Crippen molar-refractivity contribution < 1.29 is 19.1 Å². The molecule has 6 nitrogen and oxygen atoms in total. The van der Waals surface area contributed by atoms with Crippen LogP contribution in [0.5, 0.6) is 11.5 Å². The molecule has 6 heteroatoms. The van der Waals surface area contributed by atoms with E-state index in [1.54, 1.807) is 19.1 Å². The van der Waals surface area contributed by atoms with Crippen LogP contribution in [0.15, 0.2) is 66.7 Å². The van der Waals surface area contributed by atoms with Crippen molar-refractivity contribution in [1.29, 1.82) is 0 Å². The number of rotatable bonds is 6. The van der Waals surface area contributed by atoms with E-state index in [0.29, 0.717) is 24.3 Å². The number of anilines is 2. The highest BCUT2D eigenvalue weighted by atomic mass is 16.5. The van der Waals surface area contributed by atoms with Crippen LogP contribution in [0.3, 0.4) is 0 Å². The van der Waals surface area contributed by atoms with Crippen molar-refractivity contribution in [1.82, 2.24) is 0 Å². The van der Waals surface area contributed by atoms with Crippen molar-refractivity contribution in [2.45, 2.75) is 32.7 Å². The van der Waals surface area contributed by atoms with E-state index in [1.165, 1.54) is 0 Å². The summed E-state index contributed by atoms with van der Waals surface area (Å²) in [5, 5.41) is 3.05. The molecule has 0 spiro atoms. The quantitative estimate of drug-likeness (QED) is 0.534. The van der Waals surface area contributed by atoms with Gasteiger partial charge in [-0.05, 0) is 62.2 Å². The number of ether oxygens (including phenoxy) is 2.